The Labute approximate surface area is 150 Å². The fourth-order valence-electron chi connectivity index (χ4n) is 2.85. The summed E-state index contributed by atoms with van der Waals surface area (Å²) in [5.41, 5.74) is 2.37. The van der Waals surface area contributed by atoms with Crippen molar-refractivity contribution in [3.63, 3.8) is 0 Å². The van der Waals surface area contributed by atoms with Gasteiger partial charge >= 0.3 is 5.63 Å². The summed E-state index contributed by atoms with van der Waals surface area (Å²) in [5, 5.41) is 20.5. The van der Waals surface area contributed by atoms with E-state index in [1.165, 1.54) is 19.2 Å². The van der Waals surface area contributed by atoms with E-state index in [-0.39, 0.29) is 11.5 Å². The molecule has 3 rings (SSSR count). The molecule has 5 nitrogen and oxygen atoms in total. The lowest BCUT2D eigenvalue weighted by molar-refractivity contribution is 0.402. The lowest BCUT2D eigenvalue weighted by Gasteiger charge is -2.14. The smallest absolute Gasteiger partial charge is 0.344 e. The van der Waals surface area contributed by atoms with Gasteiger partial charge in [-0.2, -0.15) is 0 Å². The Kier molecular flexibility index (Phi) is 4.71. The van der Waals surface area contributed by atoms with Gasteiger partial charge in [-0.05, 0) is 50.6 Å². The van der Waals surface area contributed by atoms with E-state index in [1.54, 1.807) is 24.3 Å². The minimum absolute atomic E-state index is 0.0274. The van der Waals surface area contributed by atoms with Crippen LogP contribution in [0.4, 0.5) is 0 Å². The summed E-state index contributed by atoms with van der Waals surface area (Å²) in [5.74, 6) is 0.575. The average molecular weight is 352 g/mol. The maximum Gasteiger partial charge on any atom is 0.344 e. The molecule has 134 valence electrons. The van der Waals surface area contributed by atoms with Crippen LogP contribution in [0.3, 0.4) is 0 Å². The minimum atomic E-state index is -0.541. The van der Waals surface area contributed by atoms with Gasteiger partial charge in [-0.3, -0.25) is 0 Å². The monoisotopic (exact) mass is 352 g/mol. The van der Waals surface area contributed by atoms with Gasteiger partial charge in [-0.1, -0.05) is 11.6 Å². The highest BCUT2D eigenvalue weighted by molar-refractivity contribution is 5.84. The molecular weight excluding hydrogens is 332 g/mol. The fourth-order valence-corrected chi connectivity index (χ4v) is 2.85. The first-order valence-corrected chi connectivity index (χ1v) is 8.20. The number of aromatic hydroxyl groups is 2. The van der Waals surface area contributed by atoms with E-state index < -0.39 is 5.63 Å². The molecule has 1 heterocycles. The van der Waals surface area contributed by atoms with Crippen LogP contribution >= 0.6 is 0 Å². The van der Waals surface area contributed by atoms with E-state index >= 15 is 0 Å². The van der Waals surface area contributed by atoms with Crippen molar-refractivity contribution in [2.24, 2.45) is 0 Å². The zero-order chi connectivity index (χ0) is 18.8. The second-order valence-electron chi connectivity index (χ2n) is 6.30. The van der Waals surface area contributed by atoms with Crippen molar-refractivity contribution in [3.8, 4) is 28.4 Å². The number of ether oxygens (including phenoxy) is 1. The Balaban J connectivity index is 2.23. The van der Waals surface area contributed by atoms with Crippen LogP contribution in [-0.4, -0.2) is 17.3 Å². The van der Waals surface area contributed by atoms with Gasteiger partial charge in [0.25, 0.3) is 0 Å². The van der Waals surface area contributed by atoms with Crippen molar-refractivity contribution in [3.05, 3.63) is 64.0 Å². The highest BCUT2D eigenvalue weighted by atomic mass is 16.5. The highest BCUT2D eigenvalue weighted by Crippen LogP contribution is 2.38. The van der Waals surface area contributed by atoms with Gasteiger partial charge in [0.1, 0.15) is 22.8 Å². The molecule has 3 aromatic rings. The third-order valence-corrected chi connectivity index (χ3v) is 4.16. The number of fused-ring (bicyclic) bond motifs is 1. The third-order valence-electron chi connectivity index (χ3n) is 4.16. The maximum atomic E-state index is 12.5. The number of hydrogen-bond donors (Lipinski definition) is 2. The lowest BCUT2D eigenvalue weighted by Crippen LogP contribution is -2.05. The highest BCUT2D eigenvalue weighted by Gasteiger charge is 2.18. The molecule has 0 bridgehead atoms. The second-order valence-corrected chi connectivity index (χ2v) is 6.30. The third kappa shape index (κ3) is 3.28. The Morgan fingerprint density at radius 1 is 1.12 bits per heavy atom. The van der Waals surface area contributed by atoms with Gasteiger partial charge in [-0.25, -0.2) is 4.79 Å². The molecule has 0 unspecified atom stereocenters. The summed E-state index contributed by atoms with van der Waals surface area (Å²) in [6.45, 7) is 3.95. The molecule has 2 N–H and O–H groups in total. The van der Waals surface area contributed by atoms with Gasteiger partial charge in [0, 0.05) is 22.6 Å². The standard InChI is InChI=1S/C21H20O5/c1-12(2)4-7-16-18(23)9-8-15(20(16)25-3)17-10-13-5-6-14(22)11-19(13)26-21(17)24/h4-6,8-11,22-23H,7H2,1-3H3. The van der Waals surface area contributed by atoms with E-state index in [0.29, 0.717) is 39.8 Å². The number of hydrogen-bond acceptors (Lipinski definition) is 5. The summed E-state index contributed by atoms with van der Waals surface area (Å²) in [4.78, 5) is 12.5. The van der Waals surface area contributed by atoms with E-state index in [0.717, 1.165) is 5.57 Å². The van der Waals surface area contributed by atoms with Crippen LogP contribution < -0.4 is 10.4 Å². The molecule has 0 saturated carbocycles. The Morgan fingerprint density at radius 2 is 1.88 bits per heavy atom. The second kappa shape index (κ2) is 6.96. The molecule has 0 aliphatic heterocycles. The number of allylic oxidation sites excluding steroid dienone is 2. The number of rotatable bonds is 4. The molecule has 5 heteroatoms. The van der Waals surface area contributed by atoms with Crippen LogP contribution in [0.5, 0.6) is 17.2 Å². The lowest BCUT2D eigenvalue weighted by atomic mass is 9.98. The van der Waals surface area contributed by atoms with E-state index in [2.05, 4.69) is 0 Å². The molecule has 0 radical (unpaired) electrons. The molecule has 0 atom stereocenters. The van der Waals surface area contributed by atoms with Crippen LogP contribution in [0.2, 0.25) is 0 Å². The quantitative estimate of drug-likeness (QED) is 0.538. The van der Waals surface area contributed by atoms with E-state index in [9.17, 15) is 15.0 Å². The molecule has 0 fully saturated rings. The molecule has 1 aromatic heterocycles. The molecule has 26 heavy (non-hydrogen) atoms. The van der Waals surface area contributed by atoms with Crippen LogP contribution in [-0.2, 0) is 6.42 Å². The van der Waals surface area contributed by atoms with Crippen molar-refractivity contribution in [1.82, 2.24) is 0 Å². The first-order valence-electron chi connectivity index (χ1n) is 8.20. The molecule has 0 aliphatic carbocycles. The molecule has 0 aliphatic rings. The SMILES string of the molecule is COc1c(-c2cc3ccc(O)cc3oc2=O)ccc(O)c1CC=C(C)C. The molecule has 0 amide bonds. The zero-order valence-electron chi connectivity index (χ0n) is 14.9. The van der Waals surface area contributed by atoms with Gasteiger partial charge in [0.2, 0.25) is 0 Å². The zero-order valence-corrected chi connectivity index (χ0v) is 14.9. The van der Waals surface area contributed by atoms with E-state index in [1.807, 2.05) is 19.9 Å². The average Bonchev–Trinajstić information content (AvgIpc) is 2.59. The molecular formula is C21H20O5. The number of benzene rings is 2. The van der Waals surface area contributed by atoms with Gasteiger partial charge in [0.05, 0.1) is 12.7 Å². The van der Waals surface area contributed by atoms with Crippen LogP contribution in [0, 0.1) is 0 Å². The van der Waals surface area contributed by atoms with Gasteiger partial charge in [0.15, 0.2) is 0 Å². The largest absolute Gasteiger partial charge is 0.508 e. The van der Waals surface area contributed by atoms with Crippen LogP contribution in [0.25, 0.3) is 22.1 Å². The Morgan fingerprint density at radius 3 is 2.58 bits per heavy atom. The summed E-state index contributed by atoms with van der Waals surface area (Å²) < 4.78 is 10.9. The maximum absolute atomic E-state index is 12.5. The summed E-state index contributed by atoms with van der Waals surface area (Å²) >= 11 is 0. The van der Waals surface area contributed by atoms with Crippen molar-refractivity contribution in [2.45, 2.75) is 20.3 Å². The summed E-state index contributed by atoms with van der Waals surface area (Å²) in [6, 6.07) is 9.48. The minimum Gasteiger partial charge on any atom is -0.508 e. The Hall–Kier alpha value is -3.21. The van der Waals surface area contributed by atoms with Crippen molar-refractivity contribution in [1.29, 1.82) is 0 Å². The number of phenolic OH excluding ortho intramolecular Hbond substituents is 2. The molecule has 0 spiro atoms. The predicted octanol–water partition coefficient (Wildman–Crippen LogP) is 4.39. The number of methoxy groups -OCH3 is 1. The first-order chi connectivity index (χ1) is 12.4. The van der Waals surface area contributed by atoms with E-state index in [4.69, 9.17) is 9.15 Å². The first kappa shape index (κ1) is 17.6. The summed E-state index contributed by atoms with van der Waals surface area (Å²) in [6.07, 6.45) is 2.46. The normalized spacial score (nSPS) is 10.7. The Bertz CT molecular complexity index is 1060. The topological polar surface area (TPSA) is 79.9 Å². The van der Waals surface area contributed by atoms with Crippen molar-refractivity contribution < 1.29 is 19.4 Å². The van der Waals surface area contributed by atoms with Crippen molar-refractivity contribution >= 4 is 11.0 Å². The number of phenols is 2. The van der Waals surface area contributed by atoms with Gasteiger partial charge in [-0.15, -0.1) is 0 Å². The van der Waals surface area contributed by atoms with Crippen LogP contribution in [0.1, 0.15) is 19.4 Å². The fraction of sp³-hybridized carbons (Fsp3) is 0.190. The van der Waals surface area contributed by atoms with Crippen LogP contribution in [0.15, 0.2) is 57.3 Å². The van der Waals surface area contributed by atoms with Crippen molar-refractivity contribution in [2.75, 3.05) is 7.11 Å². The predicted molar refractivity (Wildman–Crippen MR) is 101 cm³/mol. The molecule has 2 aromatic carbocycles. The van der Waals surface area contributed by atoms with Gasteiger partial charge < -0.3 is 19.4 Å². The molecule has 0 saturated heterocycles. The summed E-state index contributed by atoms with van der Waals surface area (Å²) in [7, 11) is 1.50.